The SMILES string of the molecule is CN=C(NCCCCOCCOC)N(C)CCOc1ccc(Cl)cc1. The van der Waals surface area contributed by atoms with Crippen LogP contribution in [0.25, 0.3) is 0 Å². The van der Waals surface area contributed by atoms with Gasteiger partial charge in [0.05, 0.1) is 19.8 Å². The molecular formula is C18H30ClN3O3. The monoisotopic (exact) mass is 371 g/mol. The minimum Gasteiger partial charge on any atom is -0.492 e. The molecule has 1 aromatic carbocycles. The quantitative estimate of drug-likeness (QED) is 0.348. The Hall–Kier alpha value is -1.50. The van der Waals surface area contributed by atoms with E-state index in [2.05, 4.69) is 10.3 Å². The molecule has 7 heteroatoms. The van der Waals surface area contributed by atoms with Crippen LogP contribution in [0.15, 0.2) is 29.3 Å². The number of methoxy groups -OCH3 is 1. The van der Waals surface area contributed by atoms with Crippen LogP contribution in [0, 0.1) is 0 Å². The van der Waals surface area contributed by atoms with Gasteiger partial charge in [0.15, 0.2) is 5.96 Å². The van der Waals surface area contributed by atoms with Crippen molar-refractivity contribution in [1.82, 2.24) is 10.2 Å². The van der Waals surface area contributed by atoms with Gasteiger partial charge in [-0.3, -0.25) is 4.99 Å². The molecule has 0 fully saturated rings. The molecule has 0 aliphatic carbocycles. The van der Waals surface area contributed by atoms with Crippen LogP contribution in [0.5, 0.6) is 5.75 Å². The van der Waals surface area contributed by atoms with E-state index >= 15 is 0 Å². The van der Waals surface area contributed by atoms with E-state index in [1.54, 1.807) is 14.2 Å². The highest BCUT2D eigenvalue weighted by atomic mass is 35.5. The highest BCUT2D eigenvalue weighted by Gasteiger charge is 2.05. The fraction of sp³-hybridized carbons (Fsp3) is 0.611. The third-order valence-electron chi connectivity index (χ3n) is 3.51. The number of unbranched alkanes of at least 4 members (excludes halogenated alkanes) is 1. The molecule has 6 nitrogen and oxygen atoms in total. The minimum atomic E-state index is 0.576. The summed E-state index contributed by atoms with van der Waals surface area (Å²) >= 11 is 5.86. The lowest BCUT2D eigenvalue weighted by Crippen LogP contribution is -2.41. The summed E-state index contributed by atoms with van der Waals surface area (Å²) in [5, 5.41) is 4.06. The van der Waals surface area contributed by atoms with Crippen molar-refractivity contribution in [2.45, 2.75) is 12.8 Å². The summed E-state index contributed by atoms with van der Waals surface area (Å²) in [6.45, 7) is 4.24. The first-order chi connectivity index (χ1) is 12.2. The van der Waals surface area contributed by atoms with E-state index in [1.807, 2.05) is 36.2 Å². The molecule has 0 radical (unpaired) electrons. The molecule has 1 rings (SSSR count). The lowest BCUT2D eigenvalue weighted by molar-refractivity contribution is 0.0689. The molecule has 0 atom stereocenters. The van der Waals surface area contributed by atoms with Gasteiger partial charge >= 0.3 is 0 Å². The van der Waals surface area contributed by atoms with E-state index in [0.717, 1.165) is 44.2 Å². The zero-order valence-corrected chi connectivity index (χ0v) is 16.2. The van der Waals surface area contributed by atoms with Crippen molar-refractivity contribution < 1.29 is 14.2 Å². The first-order valence-electron chi connectivity index (χ1n) is 8.54. The number of halogens is 1. The van der Waals surface area contributed by atoms with E-state index in [-0.39, 0.29) is 0 Å². The normalized spacial score (nSPS) is 11.4. The number of nitrogens with zero attached hydrogens (tertiary/aromatic N) is 2. The maximum Gasteiger partial charge on any atom is 0.193 e. The molecule has 1 N–H and O–H groups in total. The van der Waals surface area contributed by atoms with E-state index in [1.165, 1.54) is 0 Å². The summed E-state index contributed by atoms with van der Waals surface area (Å²) in [5.74, 6) is 1.68. The minimum absolute atomic E-state index is 0.576. The summed E-state index contributed by atoms with van der Waals surface area (Å²) in [6.07, 6.45) is 2.04. The second kappa shape index (κ2) is 13.8. The smallest absolute Gasteiger partial charge is 0.193 e. The Morgan fingerprint density at radius 1 is 1.12 bits per heavy atom. The largest absolute Gasteiger partial charge is 0.492 e. The summed E-state index contributed by atoms with van der Waals surface area (Å²) in [4.78, 5) is 6.34. The average molecular weight is 372 g/mol. The van der Waals surface area contributed by atoms with Gasteiger partial charge in [0.1, 0.15) is 12.4 Å². The van der Waals surface area contributed by atoms with E-state index in [9.17, 15) is 0 Å². The molecule has 0 aromatic heterocycles. The van der Waals surface area contributed by atoms with Gasteiger partial charge in [-0.1, -0.05) is 11.6 Å². The summed E-state index contributed by atoms with van der Waals surface area (Å²) in [5.41, 5.74) is 0. The molecular weight excluding hydrogens is 342 g/mol. The molecule has 0 bridgehead atoms. The molecule has 0 amide bonds. The molecule has 0 saturated carbocycles. The third kappa shape index (κ3) is 10.2. The van der Waals surface area contributed by atoms with Gasteiger partial charge in [-0.25, -0.2) is 0 Å². The van der Waals surface area contributed by atoms with Crippen LogP contribution in [0.2, 0.25) is 5.02 Å². The molecule has 0 spiro atoms. The molecule has 0 heterocycles. The van der Waals surface area contributed by atoms with Crippen LogP contribution in [-0.4, -0.2) is 71.6 Å². The highest BCUT2D eigenvalue weighted by molar-refractivity contribution is 6.30. The van der Waals surface area contributed by atoms with Crippen LogP contribution in [0.4, 0.5) is 0 Å². The van der Waals surface area contributed by atoms with Crippen molar-refractivity contribution in [2.24, 2.45) is 4.99 Å². The van der Waals surface area contributed by atoms with Crippen molar-refractivity contribution in [3.05, 3.63) is 29.3 Å². The number of hydrogen-bond acceptors (Lipinski definition) is 4. The first kappa shape index (κ1) is 21.5. The van der Waals surface area contributed by atoms with Crippen molar-refractivity contribution in [2.75, 3.05) is 60.7 Å². The lowest BCUT2D eigenvalue weighted by Gasteiger charge is -2.22. The molecule has 1 aromatic rings. The standard InChI is InChI=1S/C18H30ClN3O3/c1-20-18(21-10-4-5-12-24-15-14-23-3)22(2)11-13-25-17-8-6-16(19)7-9-17/h6-9H,4-5,10-15H2,1-3H3,(H,20,21). The van der Waals surface area contributed by atoms with E-state index in [0.29, 0.717) is 24.8 Å². The number of guanidine groups is 1. The Morgan fingerprint density at radius 2 is 1.88 bits per heavy atom. The zero-order chi connectivity index (χ0) is 18.3. The second-order valence-corrected chi connectivity index (χ2v) is 5.95. The molecule has 0 saturated heterocycles. The van der Waals surface area contributed by atoms with Crippen molar-refractivity contribution in [3.63, 3.8) is 0 Å². The third-order valence-corrected chi connectivity index (χ3v) is 3.76. The van der Waals surface area contributed by atoms with Gasteiger partial charge in [-0.2, -0.15) is 0 Å². The summed E-state index contributed by atoms with van der Waals surface area (Å²) < 4.78 is 16.1. The fourth-order valence-electron chi connectivity index (χ4n) is 2.10. The van der Waals surface area contributed by atoms with Gasteiger partial charge in [0.25, 0.3) is 0 Å². The Kier molecular flexibility index (Phi) is 11.9. The van der Waals surface area contributed by atoms with Crippen molar-refractivity contribution in [3.8, 4) is 5.75 Å². The summed E-state index contributed by atoms with van der Waals surface area (Å²) in [6, 6.07) is 7.37. The second-order valence-electron chi connectivity index (χ2n) is 5.51. The number of rotatable bonds is 12. The molecule has 25 heavy (non-hydrogen) atoms. The van der Waals surface area contributed by atoms with Gasteiger partial charge in [-0.05, 0) is 37.1 Å². The van der Waals surface area contributed by atoms with Crippen LogP contribution >= 0.6 is 11.6 Å². The topological polar surface area (TPSA) is 55.3 Å². The number of nitrogens with one attached hydrogen (secondary N) is 1. The van der Waals surface area contributed by atoms with Gasteiger partial charge in [0.2, 0.25) is 0 Å². The molecule has 0 unspecified atom stereocenters. The fourth-order valence-corrected chi connectivity index (χ4v) is 2.22. The number of aliphatic imine (C=N–C) groups is 1. The Morgan fingerprint density at radius 3 is 2.56 bits per heavy atom. The van der Waals surface area contributed by atoms with Gasteiger partial charge in [-0.15, -0.1) is 0 Å². The van der Waals surface area contributed by atoms with E-state index < -0.39 is 0 Å². The average Bonchev–Trinajstić information content (AvgIpc) is 2.62. The van der Waals surface area contributed by atoms with Gasteiger partial charge < -0.3 is 24.4 Å². The predicted octanol–water partition coefficient (Wildman–Crippen LogP) is 2.67. The number of ether oxygens (including phenoxy) is 3. The molecule has 142 valence electrons. The maximum atomic E-state index is 5.86. The Balaban J connectivity index is 2.13. The highest BCUT2D eigenvalue weighted by Crippen LogP contribution is 2.15. The van der Waals surface area contributed by atoms with E-state index in [4.69, 9.17) is 25.8 Å². The number of hydrogen-bond donors (Lipinski definition) is 1. The Labute approximate surface area is 156 Å². The van der Waals surface area contributed by atoms with Crippen LogP contribution in [0.3, 0.4) is 0 Å². The van der Waals surface area contributed by atoms with Crippen LogP contribution in [0.1, 0.15) is 12.8 Å². The van der Waals surface area contributed by atoms with Crippen LogP contribution in [-0.2, 0) is 9.47 Å². The number of benzene rings is 1. The van der Waals surface area contributed by atoms with Crippen molar-refractivity contribution in [1.29, 1.82) is 0 Å². The molecule has 0 aliphatic heterocycles. The number of likely N-dealkylation sites (N-methyl/N-ethyl adjacent to an activating group) is 1. The zero-order valence-electron chi connectivity index (χ0n) is 15.5. The lowest BCUT2D eigenvalue weighted by atomic mass is 10.3. The maximum absolute atomic E-state index is 5.86. The predicted molar refractivity (Wildman–Crippen MR) is 103 cm³/mol. The van der Waals surface area contributed by atoms with Crippen LogP contribution < -0.4 is 10.1 Å². The van der Waals surface area contributed by atoms with Gasteiger partial charge in [0, 0.05) is 39.4 Å². The molecule has 0 aliphatic rings. The summed E-state index contributed by atoms with van der Waals surface area (Å²) in [7, 11) is 5.46. The first-order valence-corrected chi connectivity index (χ1v) is 8.92. The Bertz CT molecular complexity index is 483. The van der Waals surface area contributed by atoms with Crippen molar-refractivity contribution >= 4 is 17.6 Å².